The lowest BCUT2D eigenvalue weighted by Gasteiger charge is -2.32. The van der Waals surface area contributed by atoms with Gasteiger partial charge in [-0.25, -0.2) is 0 Å². The van der Waals surface area contributed by atoms with Crippen molar-refractivity contribution in [2.75, 3.05) is 4.90 Å². The summed E-state index contributed by atoms with van der Waals surface area (Å²) < 4.78 is 0. The maximum absolute atomic E-state index is 4.73. The first-order chi connectivity index (χ1) is 27.6. The van der Waals surface area contributed by atoms with Crippen LogP contribution in [0.25, 0.3) is 56.8 Å². The summed E-state index contributed by atoms with van der Waals surface area (Å²) in [5.41, 5.74) is 18.2. The van der Waals surface area contributed by atoms with Gasteiger partial charge in [-0.2, -0.15) is 0 Å². The molecule has 270 valence electrons. The summed E-state index contributed by atoms with van der Waals surface area (Å²) in [4.78, 5) is 7.11. The molecule has 9 rings (SSSR count). The predicted octanol–water partition coefficient (Wildman–Crippen LogP) is 14.8. The summed E-state index contributed by atoms with van der Waals surface area (Å²) in [6, 6.07) is 67.8. The van der Waals surface area contributed by atoms with Gasteiger partial charge >= 0.3 is 0 Å². The number of hydrogen-bond acceptors (Lipinski definition) is 2. The maximum atomic E-state index is 4.73. The van der Waals surface area contributed by atoms with Crippen LogP contribution in [-0.2, 0) is 5.41 Å². The molecule has 0 bridgehead atoms. The molecule has 1 aliphatic rings. The molecule has 0 aliphatic heterocycles. The minimum absolute atomic E-state index is 0.0629. The van der Waals surface area contributed by atoms with Gasteiger partial charge in [0.15, 0.2) is 0 Å². The monoisotopic (exact) mass is 720 g/mol. The van der Waals surface area contributed by atoms with Gasteiger partial charge in [-0.3, -0.25) is 4.98 Å². The molecule has 0 atom stereocenters. The van der Waals surface area contributed by atoms with Crippen LogP contribution >= 0.6 is 0 Å². The summed E-state index contributed by atoms with van der Waals surface area (Å²) in [6.07, 6.45) is 8.44. The van der Waals surface area contributed by atoms with E-state index in [4.69, 9.17) is 4.98 Å². The number of hydrogen-bond donors (Lipinski definition) is 0. The Morgan fingerprint density at radius 3 is 1.62 bits per heavy atom. The number of benzene rings is 7. The number of para-hydroxylation sites is 2. The van der Waals surface area contributed by atoms with Gasteiger partial charge in [-0.1, -0.05) is 159 Å². The third-order valence-corrected chi connectivity index (χ3v) is 11.6. The Labute approximate surface area is 331 Å². The third-order valence-electron chi connectivity index (χ3n) is 11.6. The van der Waals surface area contributed by atoms with Gasteiger partial charge in [0, 0.05) is 34.2 Å². The lowest BCUT2D eigenvalue weighted by molar-refractivity contribution is 0.490. The average Bonchev–Trinajstić information content (AvgIpc) is 3.55. The van der Waals surface area contributed by atoms with Crippen molar-refractivity contribution in [1.29, 1.82) is 0 Å². The van der Waals surface area contributed by atoms with E-state index in [1.54, 1.807) is 0 Å². The molecule has 0 saturated heterocycles. The van der Waals surface area contributed by atoms with E-state index < -0.39 is 0 Å². The van der Waals surface area contributed by atoms with E-state index in [9.17, 15) is 0 Å². The second-order valence-corrected chi connectivity index (χ2v) is 14.6. The van der Waals surface area contributed by atoms with Crippen LogP contribution in [0.3, 0.4) is 0 Å². The molecule has 0 N–H and O–H groups in total. The summed E-state index contributed by atoms with van der Waals surface area (Å²) in [7, 11) is 0. The summed E-state index contributed by atoms with van der Waals surface area (Å²) >= 11 is 0. The van der Waals surface area contributed by atoms with E-state index >= 15 is 0 Å². The van der Waals surface area contributed by atoms with E-state index in [-0.39, 0.29) is 5.41 Å². The molecule has 0 saturated carbocycles. The lowest BCUT2D eigenvalue weighted by Crippen LogP contribution is -2.23. The highest BCUT2D eigenvalue weighted by molar-refractivity contribution is 5.88. The van der Waals surface area contributed by atoms with E-state index in [0.717, 1.165) is 35.5 Å². The zero-order valence-electron chi connectivity index (χ0n) is 31.9. The quantitative estimate of drug-likeness (QED) is 0.131. The predicted molar refractivity (Wildman–Crippen MR) is 237 cm³/mol. The fourth-order valence-electron chi connectivity index (χ4n) is 8.66. The number of pyridine rings is 1. The van der Waals surface area contributed by atoms with E-state index in [1.165, 1.54) is 61.3 Å². The van der Waals surface area contributed by atoms with Crippen molar-refractivity contribution in [3.05, 3.63) is 217 Å². The Morgan fingerprint density at radius 2 is 0.982 bits per heavy atom. The van der Waals surface area contributed by atoms with Crippen molar-refractivity contribution in [2.45, 2.75) is 32.1 Å². The molecule has 56 heavy (non-hydrogen) atoms. The second kappa shape index (κ2) is 15.2. The Hall–Kier alpha value is -6.77. The van der Waals surface area contributed by atoms with Gasteiger partial charge in [-0.15, -0.1) is 0 Å². The molecule has 7 aromatic carbocycles. The van der Waals surface area contributed by atoms with Crippen molar-refractivity contribution in [3.63, 3.8) is 0 Å². The van der Waals surface area contributed by atoms with Gasteiger partial charge < -0.3 is 4.90 Å². The van der Waals surface area contributed by atoms with Crippen molar-refractivity contribution < 1.29 is 0 Å². The van der Waals surface area contributed by atoms with Gasteiger partial charge in [0.1, 0.15) is 0 Å². The summed E-state index contributed by atoms with van der Waals surface area (Å²) in [5.74, 6) is 0. The largest absolute Gasteiger partial charge is 0.310 e. The van der Waals surface area contributed by atoms with Crippen LogP contribution in [0.2, 0.25) is 0 Å². The molecule has 0 radical (unpaired) electrons. The van der Waals surface area contributed by atoms with Gasteiger partial charge in [-0.05, 0) is 123 Å². The number of nitrogens with zero attached hydrogens (tertiary/aromatic N) is 2. The SMILES string of the molecule is CCC1(CC)c2cc(/C=C/c3ccc(-c4ccc(-c5ccccc5)cc4-c4ccccn4)cc3)ccc2-c2ccc(N(c3ccccc3)c3ccccc3)cc21. The van der Waals surface area contributed by atoms with Crippen molar-refractivity contribution in [2.24, 2.45) is 0 Å². The second-order valence-electron chi connectivity index (χ2n) is 14.6. The molecule has 0 fully saturated rings. The number of rotatable bonds is 10. The van der Waals surface area contributed by atoms with Crippen LogP contribution in [0.4, 0.5) is 17.1 Å². The molecule has 2 heteroatoms. The summed E-state index contributed by atoms with van der Waals surface area (Å²) in [6.45, 7) is 4.69. The molecule has 1 aliphatic carbocycles. The first-order valence-corrected chi connectivity index (χ1v) is 19.7. The number of fused-ring (bicyclic) bond motifs is 3. The van der Waals surface area contributed by atoms with Crippen LogP contribution in [0.5, 0.6) is 0 Å². The smallest absolute Gasteiger partial charge is 0.0708 e. The Morgan fingerprint density at radius 1 is 0.429 bits per heavy atom. The lowest BCUT2D eigenvalue weighted by atomic mass is 9.73. The molecule has 2 nitrogen and oxygen atoms in total. The Bertz CT molecular complexity index is 2580. The van der Waals surface area contributed by atoms with Crippen LogP contribution < -0.4 is 4.90 Å². The standard InChI is InChI=1S/C54H44N2/c1-3-54(4-2)51-36-40(27-32-48(51)49-34-31-46(38-52(49)54)56(44-18-10-6-11-19-44)45-20-12-7-13-21-45)24-23-39-25-28-42(29-26-39)47-33-30-43(41-16-8-5-9-17-41)37-50(47)53-22-14-15-35-55-53/h5-38H,3-4H2,1-2H3/b24-23+. The van der Waals surface area contributed by atoms with Crippen LogP contribution in [-0.4, -0.2) is 4.98 Å². The van der Waals surface area contributed by atoms with Crippen LogP contribution in [0.15, 0.2) is 194 Å². The first-order valence-electron chi connectivity index (χ1n) is 19.7. The highest BCUT2D eigenvalue weighted by atomic mass is 15.1. The summed E-state index contributed by atoms with van der Waals surface area (Å²) in [5, 5.41) is 0. The van der Waals surface area contributed by atoms with Gasteiger partial charge in [0.2, 0.25) is 0 Å². The Balaban J connectivity index is 1.02. The molecule has 0 unspecified atom stereocenters. The maximum Gasteiger partial charge on any atom is 0.0708 e. The molecule has 1 aromatic heterocycles. The number of anilines is 3. The molecule has 0 spiro atoms. The van der Waals surface area contributed by atoms with Crippen molar-refractivity contribution in [3.8, 4) is 44.6 Å². The molecule has 1 heterocycles. The topological polar surface area (TPSA) is 16.1 Å². The van der Waals surface area contributed by atoms with Crippen LogP contribution in [0, 0.1) is 0 Å². The molecule has 8 aromatic rings. The van der Waals surface area contributed by atoms with Crippen molar-refractivity contribution >= 4 is 29.2 Å². The first kappa shape index (κ1) is 35.0. The zero-order valence-corrected chi connectivity index (χ0v) is 31.9. The fraction of sp³-hybridized carbons (Fsp3) is 0.0926. The van der Waals surface area contributed by atoms with Gasteiger partial charge in [0.25, 0.3) is 0 Å². The van der Waals surface area contributed by atoms with Crippen molar-refractivity contribution in [1.82, 2.24) is 4.98 Å². The molecule has 0 amide bonds. The van der Waals surface area contributed by atoms with E-state index in [1.807, 2.05) is 12.3 Å². The Kier molecular flexibility index (Phi) is 9.47. The minimum Gasteiger partial charge on any atom is -0.310 e. The molecular weight excluding hydrogens is 677 g/mol. The van der Waals surface area contributed by atoms with Crippen LogP contribution in [0.1, 0.15) is 48.9 Å². The zero-order chi connectivity index (χ0) is 37.9. The third kappa shape index (κ3) is 6.44. The minimum atomic E-state index is -0.0629. The van der Waals surface area contributed by atoms with Gasteiger partial charge in [0.05, 0.1) is 5.69 Å². The van der Waals surface area contributed by atoms with E-state index in [2.05, 4.69) is 213 Å². The molecular formula is C54H44N2. The van der Waals surface area contributed by atoms with E-state index in [0.29, 0.717) is 0 Å². The fourth-order valence-corrected chi connectivity index (χ4v) is 8.66. The average molecular weight is 721 g/mol. The highest BCUT2D eigenvalue weighted by Crippen LogP contribution is 2.54. The highest BCUT2D eigenvalue weighted by Gasteiger charge is 2.41. The number of aromatic nitrogens is 1. The normalized spacial score (nSPS) is 12.7.